The highest BCUT2D eigenvalue weighted by Crippen LogP contribution is 2.03. The predicted octanol–water partition coefficient (Wildman–Crippen LogP) is 2.32. The van der Waals surface area contributed by atoms with Crippen molar-refractivity contribution in [1.29, 1.82) is 0 Å². The molecule has 1 atom stereocenters. The maximum atomic E-state index is 11.5. The molecule has 3 heteroatoms. The zero-order valence-corrected chi connectivity index (χ0v) is 11.7. The van der Waals surface area contributed by atoms with Crippen molar-refractivity contribution in [3.8, 4) is 0 Å². The van der Waals surface area contributed by atoms with Crippen molar-refractivity contribution in [3.05, 3.63) is 0 Å². The van der Waals surface area contributed by atoms with Crippen molar-refractivity contribution in [2.75, 3.05) is 6.54 Å². The summed E-state index contributed by atoms with van der Waals surface area (Å²) in [6.07, 6.45) is 1.71. The van der Waals surface area contributed by atoms with Gasteiger partial charge in [0.2, 0.25) is 5.91 Å². The highest BCUT2D eigenvalue weighted by Gasteiger charge is 2.13. The van der Waals surface area contributed by atoms with Crippen molar-refractivity contribution < 1.29 is 4.79 Å². The van der Waals surface area contributed by atoms with Crippen LogP contribution in [0.15, 0.2) is 0 Å². The molecule has 16 heavy (non-hydrogen) atoms. The highest BCUT2D eigenvalue weighted by molar-refractivity contribution is 5.76. The third-order valence-electron chi connectivity index (χ3n) is 2.18. The van der Waals surface area contributed by atoms with Crippen LogP contribution in [-0.4, -0.2) is 24.0 Å². The topological polar surface area (TPSA) is 41.1 Å². The van der Waals surface area contributed by atoms with E-state index in [-0.39, 0.29) is 11.4 Å². The molecule has 3 nitrogen and oxygen atoms in total. The van der Waals surface area contributed by atoms with Crippen LogP contribution in [0.1, 0.15) is 54.4 Å². The van der Waals surface area contributed by atoms with Gasteiger partial charge in [-0.3, -0.25) is 4.79 Å². The average molecular weight is 228 g/mol. The maximum absolute atomic E-state index is 11.5. The fraction of sp³-hybridized carbons (Fsp3) is 0.923. The molecular formula is C13H28N2O. The van der Waals surface area contributed by atoms with Gasteiger partial charge in [0.1, 0.15) is 0 Å². The third kappa shape index (κ3) is 9.97. The van der Waals surface area contributed by atoms with E-state index >= 15 is 0 Å². The molecule has 0 aromatic heterocycles. The average Bonchev–Trinajstić information content (AvgIpc) is 1.98. The first-order valence-electron chi connectivity index (χ1n) is 6.25. The molecule has 0 aliphatic rings. The van der Waals surface area contributed by atoms with E-state index < -0.39 is 0 Å². The van der Waals surface area contributed by atoms with Crippen LogP contribution in [0.5, 0.6) is 0 Å². The molecule has 0 aliphatic carbocycles. The quantitative estimate of drug-likeness (QED) is 0.732. The molecule has 0 radical (unpaired) electrons. The number of hydrogen-bond acceptors (Lipinski definition) is 2. The van der Waals surface area contributed by atoms with Crippen molar-refractivity contribution in [1.82, 2.24) is 10.6 Å². The van der Waals surface area contributed by atoms with Gasteiger partial charge >= 0.3 is 0 Å². The Labute approximate surface area is 100 Å². The van der Waals surface area contributed by atoms with Crippen LogP contribution < -0.4 is 10.6 Å². The molecular weight excluding hydrogens is 200 g/mol. The fourth-order valence-corrected chi connectivity index (χ4v) is 1.70. The summed E-state index contributed by atoms with van der Waals surface area (Å²) in [5.74, 6) is 0.822. The first-order chi connectivity index (χ1) is 7.20. The van der Waals surface area contributed by atoms with Crippen LogP contribution in [0.3, 0.4) is 0 Å². The summed E-state index contributed by atoms with van der Waals surface area (Å²) in [6.45, 7) is 13.4. The maximum Gasteiger partial charge on any atom is 0.221 e. The first kappa shape index (κ1) is 15.4. The van der Waals surface area contributed by atoms with E-state index in [1.54, 1.807) is 0 Å². The van der Waals surface area contributed by atoms with Crippen LogP contribution in [0.25, 0.3) is 0 Å². The van der Waals surface area contributed by atoms with E-state index in [0.717, 1.165) is 13.0 Å². The molecule has 0 rings (SSSR count). The Bertz CT molecular complexity index is 206. The molecule has 0 saturated carbocycles. The van der Waals surface area contributed by atoms with E-state index in [2.05, 4.69) is 31.4 Å². The second-order valence-corrected chi connectivity index (χ2v) is 6.03. The Balaban J connectivity index is 3.62. The second-order valence-electron chi connectivity index (χ2n) is 6.03. The molecule has 0 heterocycles. The SMILES string of the molecule is CC(C)CC(C)NCCC(=O)NC(C)(C)C. The molecule has 2 N–H and O–H groups in total. The van der Waals surface area contributed by atoms with Gasteiger partial charge in [-0.2, -0.15) is 0 Å². The summed E-state index contributed by atoms with van der Waals surface area (Å²) in [6, 6.07) is 0.488. The second kappa shape index (κ2) is 6.89. The monoisotopic (exact) mass is 228 g/mol. The molecule has 0 saturated heterocycles. The lowest BCUT2D eigenvalue weighted by Gasteiger charge is -2.21. The Morgan fingerprint density at radius 3 is 2.19 bits per heavy atom. The lowest BCUT2D eigenvalue weighted by molar-refractivity contribution is -0.122. The normalized spacial score (nSPS) is 13.9. The largest absolute Gasteiger partial charge is 0.351 e. The van der Waals surface area contributed by atoms with Gasteiger partial charge in [-0.15, -0.1) is 0 Å². The summed E-state index contributed by atoms with van der Waals surface area (Å²) < 4.78 is 0. The fourth-order valence-electron chi connectivity index (χ4n) is 1.70. The van der Waals surface area contributed by atoms with E-state index in [0.29, 0.717) is 18.4 Å². The van der Waals surface area contributed by atoms with Gasteiger partial charge in [0.05, 0.1) is 0 Å². The van der Waals surface area contributed by atoms with Crippen LogP contribution in [0.2, 0.25) is 0 Å². The van der Waals surface area contributed by atoms with Gasteiger partial charge < -0.3 is 10.6 Å². The molecule has 96 valence electrons. The minimum absolute atomic E-state index is 0.122. The lowest BCUT2D eigenvalue weighted by atomic mass is 10.1. The van der Waals surface area contributed by atoms with E-state index in [9.17, 15) is 4.79 Å². The molecule has 0 fully saturated rings. The number of hydrogen-bond donors (Lipinski definition) is 2. The highest BCUT2D eigenvalue weighted by atomic mass is 16.1. The van der Waals surface area contributed by atoms with E-state index in [1.165, 1.54) is 0 Å². The van der Waals surface area contributed by atoms with Gasteiger partial charge in [-0.05, 0) is 40.0 Å². The summed E-state index contributed by atoms with van der Waals surface area (Å²) in [5, 5.41) is 6.32. The molecule has 1 amide bonds. The summed E-state index contributed by atoms with van der Waals surface area (Å²) in [7, 11) is 0. The predicted molar refractivity (Wildman–Crippen MR) is 69.4 cm³/mol. The Morgan fingerprint density at radius 1 is 1.19 bits per heavy atom. The number of amides is 1. The van der Waals surface area contributed by atoms with Crippen LogP contribution >= 0.6 is 0 Å². The molecule has 0 spiro atoms. The van der Waals surface area contributed by atoms with E-state index in [4.69, 9.17) is 0 Å². The van der Waals surface area contributed by atoms with Crippen LogP contribution in [0, 0.1) is 5.92 Å². The molecule has 1 unspecified atom stereocenters. The standard InChI is InChI=1S/C13H28N2O/c1-10(2)9-11(3)14-8-7-12(16)15-13(4,5)6/h10-11,14H,7-9H2,1-6H3,(H,15,16). The number of carbonyl (C=O) groups excluding carboxylic acids is 1. The number of carbonyl (C=O) groups is 1. The summed E-state index contributed by atoms with van der Waals surface area (Å²) in [4.78, 5) is 11.5. The summed E-state index contributed by atoms with van der Waals surface area (Å²) >= 11 is 0. The minimum atomic E-state index is -0.124. The van der Waals surface area contributed by atoms with Crippen molar-refractivity contribution in [2.45, 2.75) is 66.0 Å². The smallest absolute Gasteiger partial charge is 0.221 e. The Kier molecular flexibility index (Phi) is 6.65. The van der Waals surface area contributed by atoms with E-state index in [1.807, 2.05) is 20.8 Å². The Hall–Kier alpha value is -0.570. The zero-order chi connectivity index (χ0) is 12.8. The molecule has 0 bridgehead atoms. The zero-order valence-electron chi connectivity index (χ0n) is 11.7. The molecule has 0 aliphatic heterocycles. The van der Waals surface area contributed by atoms with Crippen LogP contribution in [0.4, 0.5) is 0 Å². The van der Waals surface area contributed by atoms with Crippen molar-refractivity contribution in [3.63, 3.8) is 0 Å². The number of nitrogens with one attached hydrogen (secondary N) is 2. The third-order valence-corrected chi connectivity index (χ3v) is 2.18. The van der Waals surface area contributed by atoms with Crippen molar-refractivity contribution in [2.24, 2.45) is 5.92 Å². The van der Waals surface area contributed by atoms with Gasteiger partial charge in [0.15, 0.2) is 0 Å². The van der Waals surface area contributed by atoms with Gasteiger partial charge in [-0.25, -0.2) is 0 Å². The van der Waals surface area contributed by atoms with Gasteiger partial charge in [-0.1, -0.05) is 13.8 Å². The molecule has 0 aromatic rings. The Morgan fingerprint density at radius 2 is 1.75 bits per heavy atom. The summed E-state index contributed by atoms with van der Waals surface area (Å²) in [5.41, 5.74) is -0.124. The minimum Gasteiger partial charge on any atom is -0.351 e. The lowest BCUT2D eigenvalue weighted by Crippen LogP contribution is -2.42. The van der Waals surface area contributed by atoms with Gasteiger partial charge in [0, 0.05) is 24.5 Å². The van der Waals surface area contributed by atoms with Crippen LogP contribution in [-0.2, 0) is 4.79 Å². The number of rotatable bonds is 6. The molecule has 0 aromatic carbocycles. The first-order valence-corrected chi connectivity index (χ1v) is 6.25. The van der Waals surface area contributed by atoms with Crippen molar-refractivity contribution >= 4 is 5.91 Å². The van der Waals surface area contributed by atoms with Gasteiger partial charge in [0.25, 0.3) is 0 Å².